The Kier molecular flexibility index (Phi) is 6.14. The maximum absolute atomic E-state index is 12.4. The van der Waals surface area contributed by atoms with Gasteiger partial charge in [0, 0.05) is 12.8 Å². The van der Waals surface area contributed by atoms with Gasteiger partial charge in [0.05, 0.1) is 13.2 Å². The normalized spacial score (nSPS) is 10.3. The van der Waals surface area contributed by atoms with E-state index in [0.29, 0.717) is 29.0 Å². The molecule has 0 radical (unpaired) electrons. The Hall–Kier alpha value is -2.11. The molecule has 0 amide bonds. The van der Waals surface area contributed by atoms with Crippen molar-refractivity contribution in [3.05, 3.63) is 33.8 Å². The lowest BCUT2D eigenvalue weighted by molar-refractivity contribution is -0.622. The van der Waals surface area contributed by atoms with E-state index >= 15 is 0 Å². The van der Waals surface area contributed by atoms with Crippen molar-refractivity contribution in [3.63, 3.8) is 0 Å². The van der Waals surface area contributed by atoms with E-state index in [-0.39, 0.29) is 24.3 Å². The first kappa shape index (κ1) is 16.9. The second-order valence-corrected chi connectivity index (χ2v) is 4.31. The largest absolute Gasteiger partial charge is 0.618 e. The number of hydrogen-bond acceptors (Lipinski definition) is 5. The Bertz CT molecular complexity index is 495. The summed E-state index contributed by atoms with van der Waals surface area (Å²) in [4.78, 5) is 24.0. The van der Waals surface area contributed by atoms with E-state index in [2.05, 4.69) is 0 Å². The van der Waals surface area contributed by atoms with E-state index in [9.17, 15) is 14.8 Å². The molecule has 1 heterocycles. The van der Waals surface area contributed by atoms with Crippen LogP contribution in [0.2, 0.25) is 0 Å². The van der Waals surface area contributed by atoms with Gasteiger partial charge in [0.25, 0.3) is 0 Å². The average Bonchev–Trinajstić information content (AvgIpc) is 2.46. The van der Waals surface area contributed by atoms with E-state index in [1.54, 1.807) is 27.7 Å². The minimum atomic E-state index is -0.604. The van der Waals surface area contributed by atoms with Crippen molar-refractivity contribution in [1.82, 2.24) is 0 Å². The average molecular weight is 295 g/mol. The number of esters is 2. The van der Waals surface area contributed by atoms with Gasteiger partial charge in [0.1, 0.15) is 11.1 Å². The fraction of sp³-hybridized carbons (Fsp3) is 0.533. The number of ether oxygens (including phenoxy) is 2. The van der Waals surface area contributed by atoms with Crippen LogP contribution in [0.5, 0.6) is 0 Å². The lowest BCUT2D eigenvalue weighted by Gasteiger charge is -2.14. The van der Waals surface area contributed by atoms with Gasteiger partial charge >= 0.3 is 11.9 Å². The number of aromatic nitrogens is 1. The first-order valence-electron chi connectivity index (χ1n) is 7.14. The summed E-state index contributed by atoms with van der Waals surface area (Å²) >= 11 is 0. The molecule has 21 heavy (non-hydrogen) atoms. The Morgan fingerprint density at radius 3 is 1.62 bits per heavy atom. The summed E-state index contributed by atoms with van der Waals surface area (Å²) in [7, 11) is 0. The third kappa shape index (κ3) is 3.51. The molecule has 1 aromatic rings. The fourth-order valence-electron chi connectivity index (χ4n) is 2.13. The predicted molar refractivity (Wildman–Crippen MR) is 76.1 cm³/mol. The molecule has 6 nitrogen and oxygen atoms in total. The van der Waals surface area contributed by atoms with Crippen LogP contribution in [0.1, 0.15) is 59.8 Å². The molecule has 0 spiro atoms. The number of hydrogen-bond donors (Lipinski definition) is 0. The molecule has 0 saturated carbocycles. The molecule has 0 saturated heterocycles. The molecule has 0 aliphatic rings. The summed E-state index contributed by atoms with van der Waals surface area (Å²) in [5.74, 6) is -1.21. The van der Waals surface area contributed by atoms with Crippen LogP contribution in [0.25, 0.3) is 0 Å². The SMILES string of the molecule is CCOC(=O)c1cc(C(=O)OCC)c(CC)[n+]([O-])c1CC. The van der Waals surface area contributed by atoms with Crippen LogP contribution in [0.15, 0.2) is 6.07 Å². The smallest absolute Gasteiger partial charge is 0.344 e. The monoisotopic (exact) mass is 295 g/mol. The van der Waals surface area contributed by atoms with Crippen LogP contribution < -0.4 is 4.73 Å². The summed E-state index contributed by atoms with van der Waals surface area (Å²) in [6.07, 6.45) is 0.738. The van der Waals surface area contributed by atoms with Crippen LogP contribution in [-0.2, 0) is 22.3 Å². The fourth-order valence-corrected chi connectivity index (χ4v) is 2.13. The summed E-state index contributed by atoms with van der Waals surface area (Å²) in [5.41, 5.74) is 0.848. The number of nitrogens with zero attached hydrogens (tertiary/aromatic N) is 1. The van der Waals surface area contributed by atoms with Gasteiger partial charge in [0.15, 0.2) is 0 Å². The molecular formula is C15H21NO5. The molecular weight excluding hydrogens is 274 g/mol. The van der Waals surface area contributed by atoms with Gasteiger partial charge in [-0.3, -0.25) is 0 Å². The van der Waals surface area contributed by atoms with Crippen LogP contribution in [0.3, 0.4) is 0 Å². The Labute approximate surface area is 124 Å². The van der Waals surface area contributed by atoms with Gasteiger partial charge in [-0.15, -0.1) is 0 Å². The molecule has 1 aromatic heterocycles. The molecule has 0 unspecified atom stereocenters. The number of rotatable bonds is 6. The molecule has 0 aliphatic heterocycles. The molecule has 0 fully saturated rings. The Morgan fingerprint density at radius 2 is 1.33 bits per heavy atom. The van der Waals surface area contributed by atoms with Crippen molar-refractivity contribution in [1.29, 1.82) is 0 Å². The highest BCUT2D eigenvalue weighted by molar-refractivity contribution is 5.96. The van der Waals surface area contributed by atoms with Crippen molar-refractivity contribution >= 4 is 11.9 Å². The first-order valence-corrected chi connectivity index (χ1v) is 7.14. The van der Waals surface area contributed by atoms with Crippen molar-refractivity contribution < 1.29 is 23.8 Å². The van der Waals surface area contributed by atoms with E-state index in [1.807, 2.05) is 0 Å². The van der Waals surface area contributed by atoms with Gasteiger partial charge in [-0.2, -0.15) is 4.73 Å². The zero-order valence-electron chi connectivity index (χ0n) is 12.9. The van der Waals surface area contributed by atoms with E-state index < -0.39 is 11.9 Å². The molecule has 6 heteroatoms. The number of pyridine rings is 1. The quantitative estimate of drug-likeness (QED) is 0.454. The van der Waals surface area contributed by atoms with Crippen LogP contribution >= 0.6 is 0 Å². The highest BCUT2D eigenvalue weighted by Crippen LogP contribution is 2.16. The van der Waals surface area contributed by atoms with Crippen LogP contribution in [0.4, 0.5) is 0 Å². The number of carbonyl (C=O) groups is 2. The molecule has 1 rings (SSSR count). The van der Waals surface area contributed by atoms with Gasteiger partial charge in [0.2, 0.25) is 11.4 Å². The third-order valence-corrected chi connectivity index (χ3v) is 3.06. The summed E-state index contributed by atoms with van der Waals surface area (Å²) in [5, 5.41) is 12.4. The van der Waals surface area contributed by atoms with Crippen molar-refractivity contribution in [2.24, 2.45) is 0 Å². The maximum Gasteiger partial charge on any atom is 0.344 e. The molecule has 0 atom stereocenters. The third-order valence-electron chi connectivity index (χ3n) is 3.06. The molecule has 0 aromatic carbocycles. The number of carbonyl (C=O) groups excluding carboxylic acids is 2. The van der Waals surface area contributed by atoms with Gasteiger partial charge in [-0.25, -0.2) is 9.59 Å². The second kappa shape index (κ2) is 7.61. The summed E-state index contributed by atoms with van der Waals surface area (Å²) < 4.78 is 10.6. The first-order chi connectivity index (χ1) is 10.0. The van der Waals surface area contributed by atoms with Crippen LogP contribution in [0, 0.1) is 5.21 Å². The minimum Gasteiger partial charge on any atom is -0.618 e. The highest BCUT2D eigenvalue weighted by atomic mass is 16.5. The van der Waals surface area contributed by atoms with Crippen molar-refractivity contribution in [2.45, 2.75) is 40.5 Å². The van der Waals surface area contributed by atoms with E-state index in [0.717, 1.165) is 0 Å². The van der Waals surface area contributed by atoms with Crippen molar-refractivity contribution in [3.8, 4) is 0 Å². The second-order valence-electron chi connectivity index (χ2n) is 4.31. The van der Waals surface area contributed by atoms with Crippen molar-refractivity contribution in [2.75, 3.05) is 13.2 Å². The maximum atomic E-state index is 12.4. The molecule has 116 valence electrons. The zero-order chi connectivity index (χ0) is 16.0. The molecule has 0 N–H and O–H groups in total. The summed E-state index contributed by atoms with van der Waals surface area (Å²) in [6, 6.07) is 1.40. The van der Waals surface area contributed by atoms with Gasteiger partial charge < -0.3 is 14.7 Å². The predicted octanol–water partition coefficient (Wildman–Crippen LogP) is 1.80. The minimum absolute atomic E-state index is 0.120. The van der Waals surface area contributed by atoms with Crippen LogP contribution in [-0.4, -0.2) is 25.2 Å². The topological polar surface area (TPSA) is 79.5 Å². The lowest BCUT2D eigenvalue weighted by Crippen LogP contribution is -2.41. The Balaban J connectivity index is 3.50. The van der Waals surface area contributed by atoms with Gasteiger partial charge in [-0.1, -0.05) is 13.8 Å². The van der Waals surface area contributed by atoms with E-state index in [4.69, 9.17) is 9.47 Å². The molecule has 0 bridgehead atoms. The van der Waals surface area contributed by atoms with Gasteiger partial charge in [-0.05, 0) is 19.9 Å². The summed E-state index contributed by atoms with van der Waals surface area (Å²) in [6.45, 7) is 7.31. The zero-order valence-corrected chi connectivity index (χ0v) is 12.9. The van der Waals surface area contributed by atoms with E-state index in [1.165, 1.54) is 6.07 Å². The Morgan fingerprint density at radius 1 is 0.952 bits per heavy atom. The highest BCUT2D eigenvalue weighted by Gasteiger charge is 2.28. The standard InChI is InChI=1S/C15H21NO5/c1-5-12-10(14(17)20-7-3)9-11(15(18)21-8-4)13(6-2)16(12)19/h9H,5-8H2,1-4H3. The lowest BCUT2D eigenvalue weighted by atomic mass is 10.0. The molecule has 0 aliphatic carbocycles.